The summed E-state index contributed by atoms with van der Waals surface area (Å²) in [5.41, 5.74) is 0.0479. The molecule has 4 fully saturated rings. The third-order valence-electron chi connectivity index (χ3n) is 4.92. The zero-order chi connectivity index (χ0) is 15.6. The van der Waals surface area contributed by atoms with Crippen LogP contribution in [-0.2, 0) is 14.3 Å². The van der Waals surface area contributed by atoms with Gasteiger partial charge in [0, 0.05) is 11.8 Å². The molecule has 0 aromatic carbocycles. The molecule has 4 aliphatic rings. The van der Waals surface area contributed by atoms with Crippen LogP contribution in [0.4, 0.5) is 0 Å². The van der Waals surface area contributed by atoms with Gasteiger partial charge in [-0.25, -0.2) is 0 Å². The number of ether oxygens (including phenoxy) is 1. The summed E-state index contributed by atoms with van der Waals surface area (Å²) in [6, 6.07) is 0. The molecule has 0 radical (unpaired) electrons. The largest absolute Gasteiger partial charge is 0.466 e. The predicted molar refractivity (Wildman–Crippen MR) is 89.5 cm³/mol. The van der Waals surface area contributed by atoms with Gasteiger partial charge in [-0.05, 0) is 56.3 Å². The van der Waals surface area contributed by atoms with Gasteiger partial charge in [-0.1, -0.05) is 28.2 Å². The molecule has 4 bridgehead atoms. The molecule has 0 amide bonds. The minimum Gasteiger partial charge on any atom is -0.466 e. The average Bonchev–Trinajstić information content (AvgIpc) is 2.33. The van der Waals surface area contributed by atoms with Crippen LogP contribution >= 0.6 is 0 Å². The van der Waals surface area contributed by atoms with Gasteiger partial charge < -0.3 is 4.74 Å². The minimum atomic E-state index is -0.102. The average molecular weight is 310 g/mol. The molecular formula is C19H34O3. The molecule has 3 nitrogen and oxygen atoms in total. The van der Waals surface area contributed by atoms with Gasteiger partial charge in [-0.2, -0.15) is 0 Å². The summed E-state index contributed by atoms with van der Waals surface area (Å²) in [7, 11) is 0. The molecule has 0 saturated heterocycles. The predicted octanol–water partition coefficient (Wildman–Crippen LogP) is 4.63. The SMILES string of the molecule is C.CCOC(=O)CC(C)(C)C.O=C1C2CC3CC(C2)CC1C3. The lowest BCUT2D eigenvalue weighted by Crippen LogP contribution is -2.45. The van der Waals surface area contributed by atoms with Gasteiger partial charge in [0.05, 0.1) is 13.0 Å². The Morgan fingerprint density at radius 2 is 1.50 bits per heavy atom. The molecule has 0 aliphatic heterocycles. The highest BCUT2D eigenvalue weighted by molar-refractivity contribution is 5.85. The first kappa shape index (κ1) is 19.2. The van der Waals surface area contributed by atoms with E-state index < -0.39 is 0 Å². The first-order chi connectivity index (χ1) is 9.78. The highest BCUT2D eigenvalue weighted by Gasteiger charge is 2.47. The van der Waals surface area contributed by atoms with Crippen molar-refractivity contribution in [2.75, 3.05) is 6.61 Å². The lowest BCUT2D eigenvalue weighted by atomic mass is 9.56. The van der Waals surface area contributed by atoms with Gasteiger partial charge in [0.1, 0.15) is 5.78 Å². The van der Waals surface area contributed by atoms with E-state index in [0.29, 0.717) is 30.6 Å². The van der Waals surface area contributed by atoms with Gasteiger partial charge in [0.15, 0.2) is 0 Å². The van der Waals surface area contributed by atoms with Crippen LogP contribution in [0.15, 0.2) is 0 Å². The molecule has 4 rings (SSSR count). The van der Waals surface area contributed by atoms with Crippen LogP contribution in [0, 0.1) is 29.1 Å². The van der Waals surface area contributed by atoms with E-state index in [0.717, 1.165) is 11.8 Å². The van der Waals surface area contributed by atoms with E-state index >= 15 is 0 Å². The van der Waals surface area contributed by atoms with Crippen molar-refractivity contribution in [3.63, 3.8) is 0 Å². The lowest BCUT2D eigenvalue weighted by molar-refractivity contribution is -0.145. The Morgan fingerprint density at radius 3 is 1.86 bits per heavy atom. The standard InChI is InChI=1S/C10H14O.C8H16O2.CH4/c11-10-8-2-6-1-7(4-8)5-9(10)3-6;1-5-10-7(9)6-8(2,3)4;/h6-9H,1-5H2;5-6H2,1-4H3;1H4. The quantitative estimate of drug-likeness (QED) is 0.698. The molecule has 0 atom stereocenters. The lowest BCUT2D eigenvalue weighted by Gasteiger charge is -2.48. The summed E-state index contributed by atoms with van der Waals surface area (Å²) in [6.45, 7) is 8.35. The minimum absolute atomic E-state index is 0. The maximum absolute atomic E-state index is 11.6. The van der Waals surface area contributed by atoms with Gasteiger partial charge in [0.25, 0.3) is 0 Å². The summed E-state index contributed by atoms with van der Waals surface area (Å²) in [6.07, 6.45) is 6.91. The van der Waals surface area contributed by atoms with Crippen molar-refractivity contribution in [3.8, 4) is 0 Å². The van der Waals surface area contributed by atoms with Gasteiger partial charge in [0.2, 0.25) is 0 Å². The second-order valence-electron chi connectivity index (χ2n) is 8.25. The van der Waals surface area contributed by atoms with Crippen LogP contribution in [0.1, 0.15) is 73.6 Å². The number of hydrogen-bond donors (Lipinski definition) is 0. The van der Waals surface area contributed by atoms with E-state index in [4.69, 9.17) is 4.74 Å². The fraction of sp³-hybridized carbons (Fsp3) is 0.895. The topological polar surface area (TPSA) is 43.4 Å². The summed E-state index contributed by atoms with van der Waals surface area (Å²) >= 11 is 0. The Kier molecular flexibility index (Phi) is 6.64. The maximum atomic E-state index is 11.6. The Bertz CT molecular complexity index is 362. The van der Waals surface area contributed by atoms with Crippen molar-refractivity contribution >= 4 is 11.8 Å². The molecular weight excluding hydrogens is 276 g/mol. The Labute approximate surface area is 136 Å². The van der Waals surface area contributed by atoms with E-state index in [2.05, 4.69) is 0 Å². The number of ketones is 1. The highest BCUT2D eigenvalue weighted by atomic mass is 16.5. The molecule has 128 valence electrons. The fourth-order valence-electron chi connectivity index (χ4n) is 4.29. The van der Waals surface area contributed by atoms with Crippen LogP contribution in [-0.4, -0.2) is 18.4 Å². The van der Waals surface area contributed by atoms with Crippen LogP contribution in [0.3, 0.4) is 0 Å². The third-order valence-corrected chi connectivity index (χ3v) is 4.92. The second-order valence-corrected chi connectivity index (χ2v) is 8.25. The van der Waals surface area contributed by atoms with Crippen LogP contribution in [0.25, 0.3) is 0 Å². The van der Waals surface area contributed by atoms with E-state index in [1.165, 1.54) is 32.1 Å². The van der Waals surface area contributed by atoms with Crippen LogP contribution < -0.4 is 0 Å². The van der Waals surface area contributed by atoms with Crippen molar-refractivity contribution < 1.29 is 14.3 Å². The van der Waals surface area contributed by atoms with Crippen LogP contribution in [0.5, 0.6) is 0 Å². The van der Waals surface area contributed by atoms with E-state index in [1.807, 2.05) is 27.7 Å². The molecule has 22 heavy (non-hydrogen) atoms. The van der Waals surface area contributed by atoms with Gasteiger partial charge in [-0.3, -0.25) is 9.59 Å². The van der Waals surface area contributed by atoms with Gasteiger partial charge >= 0.3 is 5.97 Å². The monoisotopic (exact) mass is 310 g/mol. The molecule has 0 aromatic rings. The molecule has 0 spiro atoms. The fourth-order valence-corrected chi connectivity index (χ4v) is 4.29. The molecule has 4 saturated carbocycles. The number of carbonyl (C=O) groups is 2. The molecule has 4 aliphatic carbocycles. The van der Waals surface area contributed by atoms with E-state index in [-0.39, 0.29) is 18.8 Å². The Balaban J connectivity index is 0.000000212. The summed E-state index contributed by atoms with van der Waals surface area (Å²) in [4.78, 5) is 22.4. The molecule has 0 aromatic heterocycles. The normalized spacial score (nSPS) is 31.9. The molecule has 3 heteroatoms. The summed E-state index contributed by atoms with van der Waals surface area (Å²) < 4.78 is 4.78. The van der Waals surface area contributed by atoms with Crippen molar-refractivity contribution in [2.24, 2.45) is 29.1 Å². The van der Waals surface area contributed by atoms with Crippen molar-refractivity contribution in [1.82, 2.24) is 0 Å². The number of carbonyl (C=O) groups excluding carboxylic acids is 2. The van der Waals surface area contributed by atoms with Crippen molar-refractivity contribution in [2.45, 2.75) is 73.6 Å². The summed E-state index contributed by atoms with van der Waals surface area (Å²) in [5, 5.41) is 0. The Morgan fingerprint density at radius 1 is 1.05 bits per heavy atom. The molecule has 0 N–H and O–H groups in total. The zero-order valence-corrected chi connectivity index (χ0v) is 14.0. The van der Waals surface area contributed by atoms with Crippen molar-refractivity contribution in [1.29, 1.82) is 0 Å². The molecule has 0 heterocycles. The van der Waals surface area contributed by atoms with Crippen molar-refractivity contribution in [3.05, 3.63) is 0 Å². The van der Waals surface area contributed by atoms with E-state index in [1.54, 1.807) is 0 Å². The zero-order valence-electron chi connectivity index (χ0n) is 14.0. The highest BCUT2D eigenvalue weighted by Crippen LogP contribution is 2.51. The summed E-state index contributed by atoms with van der Waals surface area (Å²) in [5.74, 6) is 3.41. The first-order valence-corrected chi connectivity index (χ1v) is 8.48. The van der Waals surface area contributed by atoms with E-state index in [9.17, 15) is 9.59 Å². The number of hydrogen-bond acceptors (Lipinski definition) is 3. The number of Topliss-reactive ketones (excluding diaryl/α,β-unsaturated/α-hetero) is 1. The second kappa shape index (κ2) is 7.61. The first-order valence-electron chi connectivity index (χ1n) is 8.48. The maximum Gasteiger partial charge on any atom is 0.306 e. The van der Waals surface area contributed by atoms with Crippen LogP contribution in [0.2, 0.25) is 0 Å². The Hall–Kier alpha value is -0.860. The number of rotatable bonds is 2. The molecule has 0 unspecified atom stereocenters. The van der Waals surface area contributed by atoms with Gasteiger partial charge in [-0.15, -0.1) is 0 Å². The smallest absolute Gasteiger partial charge is 0.306 e. The third kappa shape index (κ3) is 5.10. The number of esters is 1.